The SMILES string of the molecule is Cc1cc([N+](=O)[O-])c(Cl)cc1NC=C(C#N)C#N. The number of nitrogens with zero attached hydrogens (tertiary/aromatic N) is 3. The first-order valence-electron chi connectivity index (χ1n) is 4.71. The summed E-state index contributed by atoms with van der Waals surface area (Å²) in [6, 6.07) is 6.05. The molecule has 7 heteroatoms. The molecule has 0 aliphatic rings. The molecule has 1 rings (SSSR count). The predicted octanol–water partition coefficient (Wildman–Crippen LogP) is 2.90. The van der Waals surface area contributed by atoms with Gasteiger partial charge in [-0.1, -0.05) is 11.6 Å². The topological polar surface area (TPSA) is 103 Å². The van der Waals surface area contributed by atoms with Crippen LogP contribution in [0.15, 0.2) is 23.9 Å². The molecule has 0 radical (unpaired) electrons. The zero-order valence-corrected chi connectivity index (χ0v) is 10.0. The minimum Gasteiger partial charge on any atom is -0.360 e. The van der Waals surface area contributed by atoms with E-state index >= 15 is 0 Å². The number of nitro benzene ring substituents is 1. The van der Waals surface area contributed by atoms with E-state index in [1.165, 1.54) is 18.3 Å². The molecule has 0 spiro atoms. The fraction of sp³-hybridized carbons (Fsp3) is 0.0909. The summed E-state index contributed by atoms with van der Waals surface area (Å²) in [6.45, 7) is 1.65. The Bertz CT molecular complexity index is 595. The third-order valence-corrected chi connectivity index (χ3v) is 2.41. The molecule has 0 heterocycles. The lowest BCUT2D eigenvalue weighted by Gasteiger charge is -2.06. The molecular formula is C11H7ClN4O2. The average Bonchev–Trinajstić information content (AvgIpc) is 2.33. The first kappa shape index (κ1) is 13.5. The van der Waals surface area contributed by atoms with Gasteiger partial charge < -0.3 is 5.32 Å². The smallest absolute Gasteiger partial charge is 0.288 e. The first-order valence-corrected chi connectivity index (χ1v) is 5.08. The number of halogens is 1. The number of anilines is 1. The van der Waals surface area contributed by atoms with Gasteiger partial charge in [0.05, 0.1) is 4.92 Å². The number of nitrogens with one attached hydrogen (secondary N) is 1. The van der Waals surface area contributed by atoms with E-state index in [0.29, 0.717) is 11.3 Å². The zero-order chi connectivity index (χ0) is 13.7. The summed E-state index contributed by atoms with van der Waals surface area (Å²) in [5.41, 5.74) is 0.777. The molecule has 6 nitrogen and oxygen atoms in total. The van der Waals surface area contributed by atoms with Crippen molar-refractivity contribution in [3.05, 3.63) is 44.6 Å². The molecule has 0 aromatic heterocycles. The molecule has 0 amide bonds. The van der Waals surface area contributed by atoms with Gasteiger partial charge in [-0.3, -0.25) is 10.1 Å². The summed E-state index contributed by atoms with van der Waals surface area (Å²) >= 11 is 5.75. The van der Waals surface area contributed by atoms with Crippen molar-refractivity contribution in [1.82, 2.24) is 0 Å². The van der Waals surface area contributed by atoms with Crippen LogP contribution in [-0.2, 0) is 0 Å². The van der Waals surface area contributed by atoms with Crippen molar-refractivity contribution in [2.45, 2.75) is 6.92 Å². The number of rotatable bonds is 3. The molecule has 1 N–H and O–H groups in total. The van der Waals surface area contributed by atoms with E-state index in [2.05, 4.69) is 5.32 Å². The molecular weight excluding hydrogens is 256 g/mol. The Kier molecular flexibility index (Phi) is 4.25. The third-order valence-electron chi connectivity index (χ3n) is 2.10. The van der Waals surface area contributed by atoms with E-state index in [-0.39, 0.29) is 16.3 Å². The number of benzene rings is 1. The van der Waals surface area contributed by atoms with Crippen LogP contribution in [0.1, 0.15) is 5.56 Å². The molecule has 0 aliphatic carbocycles. The van der Waals surface area contributed by atoms with Gasteiger partial charge in [-0.25, -0.2) is 0 Å². The highest BCUT2D eigenvalue weighted by Gasteiger charge is 2.14. The maximum absolute atomic E-state index is 10.6. The summed E-state index contributed by atoms with van der Waals surface area (Å²) < 4.78 is 0. The molecule has 90 valence electrons. The molecule has 0 saturated heterocycles. The second kappa shape index (κ2) is 5.67. The van der Waals surface area contributed by atoms with Crippen molar-refractivity contribution >= 4 is 23.0 Å². The Hall–Kier alpha value is -2.57. The second-order valence-electron chi connectivity index (χ2n) is 3.30. The summed E-state index contributed by atoms with van der Waals surface area (Å²) in [6.07, 6.45) is 1.21. The molecule has 0 atom stereocenters. The fourth-order valence-corrected chi connectivity index (χ4v) is 1.43. The van der Waals surface area contributed by atoms with E-state index in [0.717, 1.165) is 0 Å². The highest BCUT2D eigenvalue weighted by Crippen LogP contribution is 2.30. The van der Waals surface area contributed by atoms with Crippen LogP contribution < -0.4 is 5.32 Å². The fourth-order valence-electron chi connectivity index (χ4n) is 1.20. The number of hydrogen-bond donors (Lipinski definition) is 1. The second-order valence-corrected chi connectivity index (χ2v) is 3.71. The Morgan fingerprint density at radius 3 is 2.61 bits per heavy atom. The Balaban J connectivity index is 3.11. The van der Waals surface area contributed by atoms with Crippen LogP contribution in [0.3, 0.4) is 0 Å². The van der Waals surface area contributed by atoms with Gasteiger partial charge in [-0.2, -0.15) is 10.5 Å². The van der Waals surface area contributed by atoms with Crippen LogP contribution in [0, 0.1) is 39.7 Å². The third kappa shape index (κ3) is 2.97. The number of allylic oxidation sites excluding steroid dienone is 1. The molecule has 0 bridgehead atoms. The first-order chi connectivity index (χ1) is 8.49. The van der Waals surface area contributed by atoms with E-state index in [1.54, 1.807) is 19.1 Å². The van der Waals surface area contributed by atoms with E-state index in [1.807, 2.05) is 0 Å². The van der Waals surface area contributed by atoms with Gasteiger partial charge in [-0.15, -0.1) is 0 Å². The monoisotopic (exact) mass is 262 g/mol. The number of aryl methyl sites for hydroxylation is 1. The average molecular weight is 263 g/mol. The van der Waals surface area contributed by atoms with Crippen LogP contribution in [0.4, 0.5) is 11.4 Å². The van der Waals surface area contributed by atoms with E-state index < -0.39 is 4.92 Å². The number of nitriles is 2. The van der Waals surface area contributed by atoms with Gasteiger partial charge in [0.15, 0.2) is 0 Å². The van der Waals surface area contributed by atoms with Crippen LogP contribution in [0.25, 0.3) is 0 Å². The van der Waals surface area contributed by atoms with Crippen molar-refractivity contribution < 1.29 is 4.92 Å². The van der Waals surface area contributed by atoms with E-state index in [9.17, 15) is 10.1 Å². The summed E-state index contributed by atoms with van der Waals surface area (Å²) in [5, 5.41) is 30.4. The minimum absolute atomic E-state index is 0.0167. The highest BCUT2D eigenvalue weighted by molar-refractivity contribution is 6.33. The van der Waals surface area contributed by atoms with Crippen molar-refractivity contribution in [2.75, 3.05) is 5.32 Å². The lowest BCUT2D eigenvalue weighted by Crippen LogP contribution is -1.96. The summed E-state index contributed by atoms with van der Waals surface area (Å²) in [4.78, 5) is 10.1. The van der Waals surface area contributed by atoms with Gasteiger partial charge in [0.1, 0.15) is 22.7 Å². The predicted molar refractivity (Wildman–Crippen MR) is 65.8 cm³/mol. The van der Waals surface area contributed by atoms with E-state index in [4.69, 9.17) is 22.1 Å². The zero-order valence-electron chi connectivity index (χ0n) is 9.27. The van der Waals surface area contributed by atoms with Crippen molar-refractivity contribution in [1.29, 1.82) is 10.5 Å². The molecule has 0 unspecified atom stereocenters. The van der Waals surface area contributed by atoms with Gasteiger partial charge in [0, 0.05) is 18.0 Å². The summed E-state index contributed by atoms with van der Waals surface area (Å²) in [5.74, 6) is 0. The number of hydrogen-bond acceptors (Lipinski definition) is 5. The quantitative estimate of drug-likeness (QED) is 0.512. The molecule has 1 aromatic rings. The highest BCUT2D eigenvalue weighted by atomic mass is 35.5. The molecule has 18 heavy (non-hydrogen) atoms. The van der Waals surface area contributed by atoms with Gasteiger partial charge in [0.2, 0.25) is 0 Å². The van der Waals surface area contributed by atoms with Crippen molar-refractivity contribution in [3.8, 4) is 12.1 Å². The van der Waals surface area contributed by atoms with Gasteiger partial charge >= 0.3 is 0 Å². The molecule has 0 saturated carbocycles. The minimum atomic E-state index is -0.578. The van der Waals surface area contributed by atoms with Crippen LogP contribution >= 0.6 is 11.6 Å². The lowest BCUT2D eigenvalue weighted by atomic mass is 10.2. The normalized spacial score (nSPS) is 8.89. The molecule has 1 aromatic carbocycles. The van der Waals surface area contributed by atoms with Crippen LogP contribution in [0.5, 0.6) is 0 Å². The number of nitro groups is 1. The standard InChI is InChI=1S/C11H7ClN4O2/c1-7-2-11(16(17)18)9(12)3-10(7)15-6-8(4-13)5-14/h2-3,6,15H,1H3. The van der Waals surface area contributed by atoms with Crippen LogP contribution in [0.2, 0.25) is 5.02 Å². The summed E-state index contributed by atoms with van der Waals surface area (Å²) in [7, 11) is 0. The van der Waals surface area contributed by atoms with Gasteiger partial charge in [0.25, 0.3) is 5.69 Å². The lowest BCUT2D eigenvalue weighted by molar-refractivity contribution is -0.384. The Morgan fingerprint density at radius 2 is 2.11 bits per heavy atom. The largest absolute Gasteiger partial charge is 0.360 e. The Morgan fingerprint density at radius 1 is 1.50 bits per heavy atom. The van der Waals surface area contributed by atoms with Crippen molar-refractivity contribution in [3.63, 3.8) is 0 Å². The maximum Gasteiger partial charge on any atom is 0.288 e. The Labute approximate surface area is 108 Å². The van der Waals surface area contributed by atoms with Crippen molar-refractivity contribution in [2.24, 2.45) is 0 Å². The van der Waals surface area contributed by atoms with Crippen LogP contribution in [-0.4, -0.2) is 4.92 Å². The molecule has 0 aliphatic heterocycles. The molecule has 0 fully saturated rings. The maximum atomic E-state index is 10.6. The van der Waals surface area contributed by atoms with Gasteiger partial charge in [-0.05, 0) is 18.6 Å².